The third-order valence-corrected chi connectivity index (χ3v) is 3.19. The lowest BCUT2D eigenvalue weighted by molar-refractivity contribution is 0.0818. The maximum atomic E-state index is 11.5. The van der Waals surface area contributed by atoms with Crippen LogP contribution in [-0.4, -0.2) is 43.5 Å². The topological polar surface area (TPSA) is 83.1 Å². The Hall–Kier alpha value is -1.08. The second-order valence-electron chi connectivity index (χ2n) is 3.16. The van der Waals surface area contributed by atoms with E-state index in [2.05, 4.69) is 10.2 Å². The van der Waals surface area contributed by atoms with Crippen LogP contribution in [0.4, 0.5) is 0 Å². The van der Waals surface area contributed by atoms with Gasteiger partial charge in [0.15, 0.2) is 5.69 Å². The molecule has 8 heteroatoms. The molecule has 0 aromatic carbocycles. The van der Waals surface area contributed by atoms with E-state index in [-0.39, 0.29) is 16.3 Å². The Morgan fingerprint density at radius 2 is 2.00 bits per heavy atom. The highest BCUT2D eigenvalue weighted by molar-refractivity contribution is 8.13. The minimum atomic E-state index is -3.97. The molecule has 0 unspecified atom stereocenters. The van der Waals surface area contributed by atoms with Crippen molar-refractivity contribution in [2.45, 2.75) is 11.8 Å². The van der Waals surface area contributed by atoms with E-state index in [0.29, 0.717) is 0 Å². The van der Waals surface area contributed by atoms with Crippen molar-refractivity contribution in [1.82, 2.24) is 15.1 Å². The Kier molecular flexibility index (Phi) is 3.05. The van der Waals surface area contributed by atoms with Crippen LogP contribution in [0.5, 0.6) is 0 Å². The molecule has 0 saturated heterocycles. The number of rotatable bonds is 2. The Balaban J connectivity index is 3.40. The molecular formula is C7H10ClN3O3S. The van der Waals surface area contributed by atoms with Gasteiger partial charge in [0, 0.05) is 24.8 Å². The molecule has 6 nitrogen and oxygen atoms in total. The van der Waals surface area contributed by atoms with Gasteiger partial charge in [-0.05, 0) is 6.92 Å². The van der Waals surface area contributed by atoms with Crippen LogP contribution >= 0.6 is 10.7 Å². The van der Waals surface area contributed by atoms with E-state index < -0.39 is 15.0 Å². The predicted molar refractivity (Wildman–Crippen MR) is 54.4 cm³/mol. The van der Waals surface area contributed by atoms with Gasteiger partial charge in [-0.25, -0.2) is 8.42 Å². The number of aromatic nitrogens is 2. The average molecular weight is 252 g/mol. The summed E-state index contributed by atoms with van der Waals surface area (Å²) < 4.78 is 22.4. The number of halogens is 1. The van der Waals surface area contributed by atoms with Crippen LogP contribution in [0.3, 0.4) is 0 Å². The summed E-state index contributed by atoms with van der Waals surface area (Å²) in [4.78, 5) is 12.5. The van der Waals surface area contributed by atoms with Crippen LogP contribution in [0.15, 0.2) is 4.90 Å². The SMILES string of the molecule is Cc1[nH]nc(C(=O)N(C)C)c1S(=O)(=O)Cl. The van der Waals surface area contributed by atoms with Crippen molar-refractivity contribution in [1.29, 1.82) is 0 Å². The molecule has 0 bridgehead atoms. The number of hydrogen-bond donors (Lipinski definition) is 1. The molecule has 0 aliphatic rings. The number of nitrogens with one attached hydrogen (secondary N) is 1. The summed E-state index contributed by atoms with van der Waals surface area (Å²) in [6.07, 6.45) is 0. The molecule has 0 spiro atoms. The van der Waals surface area contributed by atoms with Gasteiger partial charge in [0.25, 0.3) is 15.0 Å². The number of carbonyl (C=O) groups is 1. The molecule has 0 radical (unpaired) electrons. The highest BCUT2D eigenvalue weighted by Gasteiger charge is 2.27. The first-order valence-corrected chi connectivity index (χ1v) is 6.27. The fraction of sp³-hybridized carbons (Fsp3) is 0.429. The fourth-order valence-corrected chi connectivity index (χ4v) is 2.42. The minimum absolute atomic E-state index is 0.187. The summed E-state index contributed by atoms with van der Waals surface area (Å²) in [5.74, 6) is -0.515. The van der Waals surface area contributed by atoms with E-state index in [9.17, 15) is 13.2 Å². The van der Waals surface area contributed by atoms with Gasteiger partial charge in [0.05, 0.1) is 5.69 Å². The molecule has 0 saturated carbocycles. The lowest BCUT2D eigenvalue weighted by atomic mass is 10.3. The van der Waals surface area contributed by atoms with Gasteiger partial charge in [-0.3, -0.25) is 9.89 Å². The predicted octanol–water partition coefficient (Wildman–Crippen LogP) is 0.347. The Morgan fingerprint density at radius 3 is 2.40 bits per heavy atom. The molecule has 1 rings (SSSR count). The number of amides is 1. The van der Waals surface area contributed by atoms with Crippen molar-refractivity contribution in [2.24, 2.45) is 0 Å². The van der Waals surface area contributed by atoms with Gasteiger partial charge >= 0.3 is 0 Å². The van der Waals surface area contributed by atoms with Crippen molar-refractivity contribution < 1.29 is 13.2 Å². The van der Waals surface area contributed by atoms with Crippen molar-refractivity contribution in [3.8, 4) is 0 Å². The molecule has 1 aromatic heterocycles. The third-order valence-electron chi connectivity index (χ3n) is 1.74. The Labute approximate surface area is 91.6 Å². The summed E-state index contributed by atoms with van der Waals surface area (Å²) in [6.45, 7) is 1.48. The minimum Gasteiger partial charge on any atom is -0.343 e. The molecule has 1 amide bonds. The van der Waals surface area contributed by atoms with Gasteiger partial charge in [-0.15, -0.1) is 0 Å². The third kappa shape index (κ3) is 2.29. The van der Waals surface area contributed by atoms with Crippen LogP contribution in [0, 0.1) is 6.92 Å². The zero-order valence-electron chi connectivity index (χ0n) is 8.41. The maximum Gasteiger partial charge on any atom is 0.275 e. The molecular weight excluding hydrogens is 242 g/mol. The molecule has 15 heavy (non-hydrogen) atoms. The summed E-state index contributed by atoms with van der Waals surface area (Å²) >= 11 is 0. The van der Waals surface area contributed by atoms with E-state index in [1.165, 1.54) is 25.9 Å². The maximum absolute atomic E-state index is 11.5. The van der Waals surface area contributed by atoms with Gasteiger partial charge < -0.3 is 4.90 Å². The highest BCUT2D eigenvalue weighted by Crippen LogP contribution is 2.22. The lowest BCUT2D eigenvalue weighted by Crippen LogP contribution is -2.23. The van der Waals surface area contributed by atoms with Gasteiger partial charge in [-0.1, -0.05) is 0 Å². The fourth-order valence-electron chi connectivity index (χ4n) is 1.07. The molecule has 1 aromatic rings. The monoisotopic (exact) mass is 251 g/mol. The summed E-state index contributed by atoms with van der Waals surface area (Å²) in [6, 6.07) is 0. The van der Waals surface area contributed by atoms with Crippen LogP contribution in [0.2, 0.25) is 0 Å². The molecule has 0 aliphatic heterocycles. The number of carbonyl (C=O) groups excluding carboxylic acids is 1. The normalized spacial score (nSPS) is 11.5. The van der Waals surface area contributed by atoms with E-state index in [1.807, 2.05) is 0 Å². The van der Waals surface area contributed by atoms with Crippen LogP contribution in [0.1, 0.15) is 16.2 Å². The second kappa shape index (κ2) is 3.82. The van der Waals surface area contributed by atoms with Crippen LogP contribution in [0.25, 0.3) is 0 Å². The number of hydrogen-bond acceptors (Lipinski definition) is 4. The summed E-state index contributed by atoms with van der Waals surface area (Å²) in [5, 5.41) is 6.04. The number of H-pyrrole nitrogens is 1. The van der Waals surface area contributed by atoms with E-state index in [1.54, 1.807) is 0 Å². The standard InChI is InChI=1S/C7H10ClN3O3S/c1-4-6(15(8,13)14)5(10-9-4)7(12)11(2)3/h1-3H3,(H,9,10). The van der Waals surface area contributed by atoms with Gasteiger partial charge in [0.1, 0.15) is 4.90 Å². The second-order valence-corrected chi connectivity index (χ2v) is 5.67. The molecule has 1 N–H and O–H groups in total. The average Bonchev–Trinajstić information content (AvgIpc) is 2.44. The molecule has 84 valence electrons. The lowest BCUT2D eigenvalue weighted by Gasteiger charge is -2.08. The van der Waals surface area contributed by atoms with Crippen molar-refractivity contribution in [2.75, 3.05) is 14.1 Å². The van der Waals surface area contributed by atoms with E-state index in [0.717, 1.165) is 0 Å². The van der Waals surface area contributed by atoms with E-state index >= 15 is 0 Å². The molecule has 1 heterocycles. The van der Waals surface area contributed by atoms with Crippen molar-refractivity contribution in [3.63, 3.8) is 0 Å². The van der Waals surface area contributed by atoms with Gasteiger partial charge in [0.2, 0.25) is 0 Å². The number of aryl methyl sites for hydroxylation is 1. The quantitative estimate of drug-likeness (QED) is 0.769. The Morgan fingerprint density at radius 1 is 1.47 bits per heavy atom. The summed E-state index contributed by atoms with van der Waals surface area (Å²) in [5.41, 5.74) is 0.0581. The Bertz CT molecular complexity index is 492. The largest absolute Gasteiger partial charge is 0.343 e. The zero-order chi connectivity index (χ0) is 11.8. The molecule has 0 fully saturated rings. The first-order chi connectivity index (χ1) is 6.75. The van der Waals surface area contributed by atoms with Crippen molar-refractivity contribution in [3.05, 3.63) is 11.4 Å². The zero-order valence-corrected chi connectivity index (χ0v) is 9.98. The smallest absolute Gasteiger partial charge is 0.275 e. The summed E-state index contributed by atoms with van der Waals surface area (Å²) in [7, 11) is 4.23. The van der Waals surface area contributed by atoms with Crippen LogP contribution in [-0.2, 0) is 9.05 Å². The first kappa shape index (κ1) is 12.0. The van der Waals surface area contributed by atoms with Gasteiger partial charge in [-0.2, -0.15) is 5.10 Å². The highest BCUT2D eigenvalue weighted by atomic mass is 35.7. The molecule has 0 aliphatic carbocycles. The number of aromatic amines is 1. The molecule has 0 atom stereocenters. The van der Waals surface area contributed by atoms with Crippen molar-refractivity contribution >= 4 is 25.6 Å². The van der Waals surface area contributed by atoms with E-state index in [4.69, 9.17) is 10.7 Å². The van der Waals surface area contributed by atoms with Crippen LogP contribution < -0.4 is 0 Å². The number of nitrogens with zero attached hydrogens (tertiary/aromatic N) is 2. The first-order valence-electron chi connectivity index (χ1n) is 3.96.